The van der Waals surface area contributed by atoms with Crippen LogP contribution in [0, 0.1) is 5.41 Å². The number of hydrogen-bond donors (Lipinski definition) is 1. The second-order valence-corrected chi connectivity index (χ2v) is 11.4. The highest BCUT2D eigenvalue weighted by Crippen LogP contribution is 2.46. The second-order valence-electron chi connectivity index (χ2n) is 8.66. The molecule has 0 radical (unpaired) electrons. The summed E-state index contributed by atoms with van der Waals surface area (Å²) in [5.41, 5.74) is 0.0195. The van der Waals surface area contributed by atoms with E-state index in [1.54, 1.807) is 0 Å². The van der Waals surface area contributed by atoms with Crippen molar-refractivity contribution < 1.29 is 9.36 Å². The van der Waals surface area contributed by atoms with Crippen LogP contribution in [-0.4, -0.2) is 5.91 Å². The Balaban J connectivity index is 2.01. The molecule has 4 rings (SSSR count). The zero-order valence-electron chi connectivity index (χ0n) is 18.0. The van der Waals surface area contributed by atoms with Gasteiger partial charge in [-0.15, -0.1) is 0 Å². The smallest absolute Gasteiger partial charge is 0.229 e. The fourth-order valence-corrected chi connectivity index (χ4v) is 6.70. The van der Waals surface area contributed by atoms with Gasteiger partial charge in [-0.1, -0.05) is 106 Å². The molecule has 0 aromatic heterocycles. The maximum atomic E-state index is 15.1. The molecule has 0 bridgehead atoms. The topological polar surface area (TPSA) is 46.2 Å². The van der Waals surface area contributed by atoms with Crippen molar-refractivity contribution in [1.82, 2.24) is 0 Å². The van der Waals surface area contributed by atoms with Crippen LogP contribution >= 0.6 is 7.14 Å². The monoisotopic (exact) mass is 427 g/mol. The van der Waals surface area contributed by atoms with Gasteiger partial charge in [0.15, 0.2) is 7.14 Å². The Hall–Kier alpha value is -3.16. The van der Waals surface area contributed by atoms with E-state index in [1.165, 1.54) is 0 Å². The molecule has 4 aromatic carbocycles. The van der Waals surface area contributed by atoms with Gasteiger partial charge < -0.3 is 9.88 Å². The molecule has 0 spiro atoms. The molecule has 1 atom stereocenters. The molecule has 0 aliphatic rings. The lowest BCUT2D eigenvalue weighted by Crippen LogP contribution is -2.32. The number of hydrogen-bond acceptors (Lipinski definition) is 2. The number of para-hydroxylation sites is 1. The molecule has 0 saturated carbocycles. The van der Waals surface area contributed by atoms with Crippen molar-refractivity contribution in [3.63, 3.8) is 0 Å². The summed E-state index contributed by atoms with van der Waals surface area (Å²) in [5.74, 6) is -0.113. The van der Waals surface area contributed by atoms with Gasteiger partial charge in [-0.2, -0.15) is 0 Å². The summed E-state index contributed by atoms with van der Waals surface area (Å²) in [6, 6.07) is 30.9. The molecule has 0 aliphatic carbocycles. The lowest BCUT2D eigenvalue weighted by molar-refractivity contribution is -0.123. The summed E-state index contributed by atoms with van der Waals surface area (Å²) in [7, 11) is -3.28. The molecule has 31 heavy (non-hydrogen) atoms. The van der Waals surface area contributed by atoms with E-state index in [-0.39, 0.29) is 5.91 Å². The van der Waals surface area contributed by atoms with E-state index in [0.717, 1.165) is 21.4 Å². The van der Waals surface area contributed by atoms with Gasteiger partial charge in [-0.25, -0.2) is 0 Å². The fourth-order valence-electron chi connectivity index (χ4n) is 3.69. The number of amides is 1. The van der Waals surface area contributed by atoms with E-state index in [4.69, 9.17) is 0 Å². The van der Waals surface area contributed by atoms with Gasteiger partial charge >= 0.3 is 0 Å². The summed E-state index contributed by atoms with van der Waals surface area (Å²) in [6.07, 6.45) is 0. The normalized spacial score (nSPS) is 13.5. The lowest BCUT2D eigenvalue weighted by atomic mass is 9.95. The summed E-state index contributed by atoms with van der Waals surface area (Å²) < 4.78 is 15.1. The van der Waals surface area contributed by atoms with Crippen LogP contribution < -0.4 is 21.2 Å². The average molecular weight is 427 g/mol. The zero-order chi connectivity index (χ0) is 22.1. The van der Waals surface area contributed by atoms with Gasteiger partial charge in [0.1, 0.15) is 0 Å². The third-order valence-electron chi connectivity index (χ3n) is 5.40. The highest BCUT2D eigenvalue weighted by atomic mass is 31.2. The van der Waals surface area contributed by atoms with Crippen LogP contribution in [-0.2, 0) is 9.36 Å². The fraction of sp³-hybridized carbons (Fsp3) is 0.148. The number of anilines is 1. The number of carbonyl (C=O) groups is 1. The Morgan fingerprint density at radius 3 is 2.03 bits per heavy atom. The minimum atomic E-state index is -3.28. The standard InChI is InChI=1S/C27H26NO2P/c1-27(2,3)26(29)28-23-17-9-10-18-25(23)31(30,21-14-5-4-6-15-21)24-19-11-13-20-12-7-8-16-22(20)24/h4-19H,1-3H3,(H,28,29)/t31-/m0/s1. The Bertz CT molecular complexity index is 1280. The zero-order valence-corrected chi connectivity index (χ0v) is 18.9. The molecular formula is C27H26NO2P. The predicted molar refractivity (Wildman–Crippen MR) is 131 cm³/mol. The van der Waals surface area contributed by atoms with E-state index in [2.05, 4.69) is 5.32 Å². The Labute approximate surface area is 183 Å². The highest BCUT2D eigenvalue weighted by Gasteiger charge is 2.34. The molecule has 0 heterocycles. The van der Waals surface area contributed by atoms with Crippen molar-refractivity contribution in [3.8, 4) is 0 Å². The van der Waals surface area contributed by atoms with Crippen LogP contribution in [0.5, 0.6) is 0 Å². The third-order valence-corrected chi connectivity index (χ3v) is 8.56. The SMILES string of the molecule is CC(C)(C)C(=O)Nc1ccccc1[P@](=O)(c1ccccc1)c1cccc2ccccc12. The first-order valence-corrected chi connectivity index (χ1v) is 12.1. The molecule has 1 N–H and O–H groups in total. The van der Waals surface area contributed by atoms with Crippen LogP contribution in [0.15, 0.2) is 97.1 Å². The van der Waals surface area contributed by atoms with E-state index in [1.807, 2.05) is 118 Å². The third kappa shape index (κ3) is 3.94. The van der Waals surface area contributed by atoms with Gasteiger partial charge in [0, 0.05) is 21.3 Å². The van der Waals surface area contributed by atoms with E-state index >= 15 is 4.57 Å². The number of carbonyl (C=O) groups excluding carboxylic acids is 1. The van der Waals surface area contributed by atoms with Crippen molar-refractivity contribution in [2.45, 2.75) is 20.8 Å². The first kappa shape index (κ1) is 21.1. The van der Waals surface area contributed by atoms with Gasteiger partial charge in [0.2, 0.25) is 5.91 Å². The molecule has 156 valence electrons. The van der Waals surface area contributed by atoms with Crippen LogP contribution in [0.25, 0.3) is 10.8 Å². The van der Waals surface area contributed by atoms with Gasteiger partial charge in [0.25, 0.3) is 0 Å². The van der Waals surface area contributed by atoms with Crippen LogP contribution in [0.1, 0.15) is 20.8 Å². The van der Waals surface area contributed by atoms with E-state index in [0.29, 0.717) is 11.0 Å². The minimum absolute atomic E-state index is 0.113. The van der Waals surface area contributed by atoms with Crippen molar-refractivity contribution in [3.05, 3.63) is 97.1 Å². The molecule has 0 aliphatic heterocycles. The van der Waals surface area contributed by atoms with Crippen molar-refractivity contribution in [2.24, 2.45) is 5.41 Å². The van der Waals surface area contributed by atoms with Crippen molar-refractivity contribution in [2.75, 3.05) is 5.32 Å². The Morgan fingerprint density at radius 2 is 1.29 bits per heavy atom. The summed E-state index contributed by atoms with van der Waals surface area (Å²) in [6.45, 7) is 5.60. The highest BCUT2D eigenvalue weighted by molar-refractivity contribution is 7.86. The van der Waals surface area contributed by atoms with Crippen LogP contribution in [0.2, 0.25) is 0 Å². The average Bonchev–Trinajstić information content (AvgIpc) is 2.78. The minimum Gasteiger partial charge on any atom is -0.325 e. The van der Waals surface area contributed by atoms with Crippen LogP contribution in [0.3, 0.4) is 0 Å². The number of nitrogens with one attached hydrogen (secondary N) is 1. The van der Waals surface area contributed by atoms with E-state index in [9.17, 15) is 4.79 Å². The molecule has 1 amide bonds. The van der Waals surface area contributed by atoms with Gasteiger partial charge in [-0.3, -0.25) is 4.79 Å². The van der Waals surface area contributed by atoms with Gasteiger partial charge in [0.05, 0.1) is 5.69 Å². The number of benzene rings is 4. The maximum absolute atomic E-state index is 15.1. The first-order valence-electron chi connectivity index (χ1n) is 10.4. The molecule has 0 saturated heterocycles. The van der Waals surface area contributed by atoms with Crippen molar-refractivity contribution >= 4 is 45.4 Å². The van der Waals surface area contributed by atoms with Crippen molar-refractivity contribution in [1.29, 1.82) is 0 Å². The summed E-state index contributed by atoms with van der Waals surface area (Å²) in [5, 5.41) is 7.17. The summed E-state index contributed by atoms with van der Waals surface area (Å²) >= 11 is 0. The molecular weight excluding hydrogens is 401 g/mol. The number of fused-ring (bicyclic) bond motifs is 1. The Morgan fingerprint density at radius 1 is 0.710 bits per heavy atom. The number of rotatable bonds is 4. The molecule has 4 heteroatoms. The first-order chi connectivity index (χ1) is 14.8. The Kier molecular flexibility index (Phi) is 5.56. The summed E-state index contributed by atoms with van der Waals surface area (Å²) in [4.78, 5) is 12.8. The molecule has 3 nitrogen and oxygen atoms in total. The largest absolute Gasteiger partial charge is 0.325 e. The predicted octanol–water partition coefficient (Wildman–Crippen LogP) is 5.46. The van der Waals surface area contributed by atoms with Gasteiger partial charge in [-0.05, 0) is 22.9 Å². The maximum Gasteiger partial charge on any atom is 0.229 e. The van der Waals surface area contributed by atoms with Crippen LogP contribution in [0.4, 0.5) is 5.69 Å². The molecule has 0 unspecified atom stereocenters. The quantitative estimate of drug-likeness (QED) is 0.440. The second kappa shape index (κ2) is 8.17. The lowest BCUT2D eigenvalue weighted by Gasteiger charge is -2.25. The van der Waals surface area contributed by atoms with E-state index < -0.39 is 12.6 Å². The molecule has 4 aromatic rings. The molecule has 0 fully saturated rings.